The van der Waals surface area contributed by atoms with Crippen molar-refractivity contribution in [1.82, 2.24) is 4.98 Å². The highest BCUT2D eigenvalue weighted by molar-refractivity contribution is 5.96. The Morgan fingerprint density at radius 1 is 1.10 bits per heavy atom. The zero-order valence-corrected chi connectivity index (χ0v) is 16.8. The van der Waals surface area contributed by atoms with E-state index >= 15 is 0 Å². The summed E-state index contributed by atoms with van der Waals surface area (Å²) in [6.07, 6.45) is 3.45. The SMILES string of the molecule is COC(=O)C1CCC(N(C)c2c(OC)ccc3[nH]ccc23)C1c1ccc(F)cc1. The van der Waals surface area contributed by atoms with Gasteiger partial charge in [0.2, 0.25) is 0 Å². The molecule has 0 amide bonds. The first-order valence-electron chi connectivity index (χ1n) is 9.75. The van der Waals surface area contributed by atoms with Crippen molar-refractivity contribution < 1.29 is 18.7 Å². The second-order valence-corrected chi connectivity index (χ2v) is 7.52. The van der Waals surface area contributed by atoms with Crippen LogP contribution in [-0.2, 0) is 9.53 Å². The van der Waals surface area contributed by atoms with Crippen molar-refractivity contribution in [3.63, 3.8) is 0 Å². The monoisotopic (exact) mass is 396 g/mol. The van der Waals surface area contributed by atoms with Crippen molar-refractivity contribution in [1.29, 1.82) is 0 Å². The minimum Gasteiger partial charge on any atom is -0.495 e. The lowest BCUT2D eigenvalue weighted by Gasteiger charge is -2.34. The molecule has 0 radical (unpaired) electrons. The maximum absolute atomic E-state index is 13.5. The molecule has 2 aromatic carbocycles. The second kappa shape index (κ2) is 7.78. The van der Waals surface area contributed by atoms with E-state index < -0.39 is 0 Å². The first kappa shape index (κ1) is 19.3. The van der Waals surface area contributed by atoms with Crippen LogP contribution in [0.5, 0.6) is 5.75 Å². The first-order chi connectivity index (χ1) is 14.0. The standard InChI is InChI=1S/C23H25FN2O3/c1-26(22-16-12-13-25-18(16)9-11-20(22)28-2)19-10-8-17(23(27)29-3)21(19)14-4-6-15(24)7-5-14/h4-7,9,11-13,17,19,21,25H,8,10H2,1-3H3. The van der Waals surface area contributed by atoms with E-state index in [2.05, 4.69) is 9.88 Å². The molecule has 3 atom stereocenters. The molecule has 1 aromatic heterocycles. The Morgan fingerprint density at radius 3 is 2.55 bits per heavy atom. The number of aromatic amines is 1. The van der Waals surface area contributed by atoms with Crippen molar-refractivity contribution in [3.05, 3.63) is 60.0 Å². The zero-order chi connectivity index (χ0) is 20.5. The summed E-state index contributed by atoms with van der Waals surface area (Å²) < 4.78 is 24.3. The fourth-order valence-electron chi connectivity index (χ4n) is 4.76. The molecule has 0 aliphatic heterocycles. The van der Waals surface area contributed by atoms with Gasteiger partial charge in [0.05, 0.1) is 25.8 Å². The van der Waals surface area contributed by atoms with Gasteiger partial charge in [-0.05, 0) is 48.7 Å². The average Bonchev–Trinajstić information content (AvgIpc) is 3.39. The van der Waals surface area contributed by atoms with E-state index in [0.29, 0.717) is 0 Å². The number of carbonyl (C=O) groups excluding carboxylic acids is 1. The molecule has 1 aliphatic carbocycles. The van der Waals surface area contributed by atoms with E-state index in [0.717, 1.165) is 40.7 Å². The van der Waals surface area contributed by atoms with Gasteiger partial charge in [-0.25, -0.2) is 4.39 Å². The Bertz CT molecular complexity index is 1010. The van der Waals surface area contributed by atoms with Crippen LogP contribution in [0.3, 0.4) is 0 Å². The molecular formula is C23H25FN2O3. The highest BCUT2D eigenvalue weighted by Crippen LogP contribution is 2.46. The van der Waals surface area contributed by atoms with Crippen LogP contribution in [0.25, 0.3) is 10.9 Å². The largest absolute Gasteiger partial charge is 0.495 e. The van der Waals surface area contributed by atoms with Gasteiger partial charge in [0, 0.05) is 36.1 Å². The summed E-state index contributed by atoms with van der Waals surface area (Å²) in [6.45, 7) is 0. The fourth-order valence-corrected chi connectivity index (χ4v) is 4.76. The number of anilines is 1. The molecule has 6 heteroatoms. The smallest absolute Gasteiger partial charge is 0.309 e. The lowest BCUT2D eigenvalue weighted by molar-refractivity contribution is -0.145. The Balaban J connectivity index is 1.79. The third kappa shape index (κ3) is 3.33. The molecule has 1 heterocycles. The van der Waals surface area contributed by atoms with Gasteiger partial charge < -0.3 is 19.4 Å². The van der Waals surface area contributed by atoms with Gasteiger partial charge in [-0.15, -0.1) is 0 Å². The number of methoxy groups -OCH3 is 2. The Morgan fingerprint density at radius 2 is 1.86 bits per heavy atom. The lowest BCUT2D eigenvalue weighted by Crippen LogP contribution is -2.36. The number of nitrogens with zero attached hydrogens (tertiary/aromatic N) is 1. The molecule has 0 spiro atoms. The molecule has 3 unspecified atom stereocenters. The summed E-state index contributed by atoms with van der Waals surface area (Å²) in [5.41, 5.74) is 2.94. The van der Waals surface area contributed by atoms with Crippen LogP contribution >= 0.6 is 0 Å². The van der Waals surface area contributed by atoms with Crippen LogP contribution < -0.4 is 9.64 Å². The lowest BCUT2D eigenvalue weighted by atomic mass is 9.85. The number of likely N-dealkylation sites (N-methyl/N-ethyl adjacent to an activating group) is 1. The van der Waals surface area contributed by atoms with Gasteiger partial charge in [-0.1, -0.05) is 12.1 Å². The van der Waals surface area contributed by atoms with E-state index in [1.807, 2.05) is 31.4 Å². The number of benzene rings is 2. The molecule has 1 saturated carbocycles. The predicted molar refractivity (Wildman–Crippen MR) is 111 cm³/mol. The molecule has 1 aliphatic rings. The van der Waals surface area contributed by atoms with Crippen LogP contribution in [-0.4, -0.2) is 38.3 Å². The van der Waals surface area contributed by atoms with Crippen molar-refractivity contribution in [2.75, 3.05) is 26.2 Å². The average molecular weight is 396 g/mol. The topological polar surface area (TPSA) is 54.6 Å². The number of halogens is 1. The molecule has 0 bridgehead atoms. The second-order valence-electron chi connectivity index (χ2n) is 7.52. The van der Waals surface area contributed by atoms with Crippen LogP contribution in [0.4, 0.5) is 10.1 Å². The number of aromatic nitrogens is 1. The minimum absolute atomic E-state index is 0.0407. The van der Waals surface area contributed by atoms with Gasteiger partial charge in [-0.3, -0.25) is 4.79 Å². The summed E-state index contributed by atoms with van der Waals surface area (Å²) in [7, 11) is 5.12. The maximum Gasteiger partial charge on any atom is 0.309 e. The molecule has 5 nitrogen and oxygen atoms in total. The highest BCUT2D eigenvalue weighted by Gasteiger charge is 2.44. The van der Waals surface area contributed by atoms with Crippen molar-refractivity contribution in [3.8, 4) is 5.75 Å². The summed E-state index contributed by atoms with van der Waals surface area (Å²) in [6, 6.07) is 12.5. The van der Waals surface area contributed by atoms with Crippen molar-refractivity contribution in [2.45, 2.75) is 24.8 Å². The number of ether oxygens (including phenoxy) is 2. The molecule has 1 fully saturated rings. The zero-order valence-electron chi connectivity index (χ0n) is 16.8. The van der Waals surface area contributed by atoms with Crippen molar-refractivity contribution in [2.24, 2.45) is 5.92 Å². The van der Waals surface area contributed by atoms with Gasteiger partial charge in [0.25, 0.3) is 0 Å². The molecule has 1 N–H and O–H groups in total. The summed E-state index contributed by atoms with van der Waals surface area (Å²) >= 11 is 0. The Labute approximate surface area is 169 Å². The first-order valence-corrected chi connectivity index (χ1v) is 9.75. The predicted octanol–water partition coefficient (Wildman–Crippen LogP) is 4.49. The van der Waals surface area contributed by atoms with E-state index in [-0.39, 0.29) is 29.7 Å². The molecule has 0 saturated heterocycles. The molecule has 29 heavy (non-hydrogen) atoms. The number of nitrogens with one attached hydrogen (secondary N) is 1. The van der Waals surface area contributed by atoms with E-state index in [1.54, 1.807) is 19.2 Å². The number of esters is 1. The van der Waals surface area contributed by atoms with E-state index in [1.165, 1.54) is 19.2 Å². The third-order valence-corrected chi connectivity index (χ3v) is 6.12. The summed E-state index contributed by atoms with van der Waals surface area (Å²) in [4.78, 5) is 18.0. The Hall–Kier alpha value is -3.02. The molecular weight excluding hydrogens is 371 g/mol. The van der Waals surface area contributed by atoms with Gasteiger partial charge in [0.1, 0.15) is 11.6 Å². The number of fused-ring (bicyclic) bond motifs is 1. The van der Waals surface area contributed by atoms with Gasteiger partial charge >= 0.3 is 5.97 Å². The Kier molecular flexibility index (Phi) is 5.18. The number of hydrogen-bond donors (Lipinski definition) is 1. The van der Waals surface area contributed by atoms with Crippen LogP contribution in [0.2, 0.25) is 0 Å². The van der Waals surface area contributed by atoms with Crippen LogP contribution in [0.15, 0.2) is 48.7 Å². The van der Waals surface area contributed by atoms with Crippen molar-refractivity contribution >= 4 is 22.6 Å². The number of hydrogen-bond acceptors (Lipinski definition) is 4. The minimum atomic E-state index is -0.287. The normalized spacial score (nSPS) is 21.3. The summed E-state index contributed by atoms with van der Waals surface area (Å²) in [5.74, 6) is -0.104. The molecule has 3 aromatic rings. The fraction of sp³-hybridized carbons (Fsp3) is 0.348. The summed E-state index contributed by atoms with van der Waals surface area (Å²) in [5, 5.41) is 1.06. The van der Waals surface area contributed by atoms with Crippen LogP contribution in [0.1, 0.15) is 24.3 Å². The highest BCUT2D eigenvalue weighted by atomic mass is 19.1. The van der Waals surface area contributed by atoms with Crippen LogP contribution in [0, 0.1) is 11.7 Å². The molecule has 4 rings (SSSR count). The van der Waals surface area contributed by atoms with E-state index in [9.17, 15) is 9.18 Å². The van der Waals surface area contributed by atoms with E-state index in [4.69, 9.17) is 9.47 Å². The van der Waals surface area contributed by atoms with Gasteiger partial charge in [-0.2, -0.15) is 0 Å². The third-order valence-electron chi connectivity index (χ3n) is 6.12. The number of carbonyl (C=O) groups is 1. The number of H-pyrrole nitrogens is 1. The maximum atomic E-state index is 13.5. The quantitative estimate of drug-likeness (QED) is 0.646. The molecule has 152 valence electrons. The van der Waals surface area contributed by atoms with Gasteiger partial charge in [0.15, 0.2) is 0 Å². The number of rotatable bonds is 5.